The summed E-state index contributed by atoms with van der Waals surface area (Å²) in [5.74, 6) is 0.653. The Morgan fingerprint density at radius 3 is 1.46 bits per heavy atom. The third-order valence-corrected chi connectivity index (χ3v) is 10.6. The van der Waals surface area contributed by atoms with Crippen LogP contribution >= 0.6 is 0 Å². The van der Waals surface area contributed by atoms with E-state index < -0.39 is 0 Å². The van der Waals surface area contributed by atoms with Crippen LogP contribution < -0.4 is 0 Å². The average Bonchev–Trinajstić information content (AvgIpc) is 3.86. The summed E-state index contributed by atoms with van der Waals surface area (Å²) in [6, 6.07) is 60.6. The van der Waals surface area contributed by atoms with Crippen molar-refractivity contribution in [1.82, 2.24) is 15.0 Å². The van der Waals surface area contributed by atoms with Gasteiger partial charge in [-0.25, -0.2) is 9.97 Å². The van der Waals surface area contributed by atoms with E-state index in [0.29, 0.717) is 5.82 Å². The van der Waals surface area contributed by atoms with Gasteiger partial charge in [-0.15, -0.1) is 0 Å². The fraction of sp³-hybridized carbons (Fsp3) is 0. The minimum Gasteiger partial charge on any atom is -0.455 e. The van der Waals surface area contributed by atoms with Crippen LogP contribution in [0.25, 0.3) is 111 Å². The van der Waals surface area contributed by atoms with Crippen LogP contribution in [-0.4, -0.2) is 15.0 Å². The standard InChI is InChI=1S/C51H31N3O2/c1-2-11-34(12-3-1)51-53-45(33-24-22-32(23-25-33)35-13-10-26-52-31-35)30-46(54-51)38-28-36(39-16-8-18-43-41-14-4-6-20-47(41)55-49(39)43)27-37(29-38)40-17-9-19-44-42-15-5-7-21-48(42)56-50(40)44/h1-31H. The third-order valence-electron chi connectivity index (χ3n) is 10.6. The van der Waals surface area contributed by atoms with Gasteiger partial charge in [0, 0.05) is 61.8 Å². The van der Waals surface area contributed by atoms with Gasteiger partial charge in [-0.3, -0.25) is 4.98 Å². The van der Waals surface area contributed by atoms with Crippen LogP contribution in [-0.2, 0) is 0 Å². The second-order valence-corrected chi connectivity index (χ2v) is 14.0. The molecule has 0 spiro atoms. The van der Waals surface area contributed by atoms with Crippen molar-refractivity contribution in [2.24, 2.45) is 0 Å². The quantitative estimate of drug-likeness (QED) is 0.171. The topological polar surface area (TPSA) is 65.0 Å². The van der Waals surface area contributed by atoms with Gasteiger partial charge in [-0.1, -0.05) is 133 Å². The SMILES string of the molecule is c1ccc(-c2nc(-c3ccc(-c4cccnc4)cc3)cc(-c3cc(-c4cccc5c4oc4ccccc45)cc(-c4cccc5c4oc4ccccc45)c3)n2)cc1. The second kappa shape index (κ2) is 13.0. The van der Waals surface area contributed by atoms with Crippen LogP contribution in [0.1, 0.15) is 0 Å². The highest BCUT2D eigenvalue weighted by atomic mass is 16.3. The van der Waals surface area contributed by atoms with E-state index in [-0.39, 0.29) is 0 Å². The van der Waals surface area contributed by atoms with Crippen LogP contribution in [0.3, 0.4) is 0 Å². The Morgan fingerprint density at radius 1 is 0.339 bits per heavy atom. The normalized spacial score (nSPS) is 11.6. The number of hydrogen-bond acceptors (Lipinski definition) is 5. The number of rotatable bonds is 6. The molecular formula is C51H31N3O2. The molecule has 0 fully saturated rings. The van der Waals surface area contributed by atoms with Gasteiger partial charge in [0.05, 0.1) is 11.4 Å². The van der Waals surface area contributed by atoms with Crippen molar-refractivity contribution in [3.05, 3.63) is 188 Å². The maximum absolute atomic E-state index is 6.59. The molecule has 0 bridgehead atoms. The third kappa shape index (κ3) is 5.45. The molecule has 7 aromatic carbocycles. The molecule has 262 valence electrons. The predicted molar refractivity (Wildman–Crippen MR) is 227 cm³/mol. The van der Waals surface area contributed by atoms with Crippen molar-refractivity contribution in [1.29, 1.82) is 0 Å². The number of furan rings is 2. The van der Waals surface area contributed by atoms with Gasteiger partial charge < -0.3 is 8.83 Å². The Labute approximate surface area is 322 Å². The Hall–Kier alpha value is -7.63. The highest BCUT2D eigenvalue weighted by Gasteiger charge is 2.19. The van der Waals surface area contributed by atoms with Crippen molar-refractivity contribution < 1.29 is 8.83 Å². The Bertz CT molecular complexity index is 3110. The zero-order valence-corrected chi connectivity index (χ0v) is 30.1. The van der Waals surface area contributed by atoms with Gasteiger partial charge in [0.2, 0.25) is 0 Å². The molecule has 0 atom stereocenters. The number of nitrogens with zero attached hydrogens (tertiary/aromatic N) is 3. The number of para-hydroxylation sites is 4. The molecule has 0 saturated heterocycles. The molecule has 0 aliphatic heterocycles. The Balaban J connectivity index is 1.15. The maximum atomic E-state index is 6.59. The summed E-state index contributed by atoms with van der Waals surface area (Å²) in [4.78, 5) is 14.7. The van der Waals surface area contributed by atoms with Gasteiger partial charge in [0.1, 0.15) is 22.3 Å². The molecule has 0 amide bonds. The van der Waals surface area contributed by atoms with E-state index in [0.717, 1.165) is 105 Å². The second-order valence-electron chi connectivity index (χ2n) is 14.0. The molecule has 0 unspecified atom stereocenters. The number of fused-ring (bicyclic) bond motifs is 6. The van der Waals surface area contributed by atoms with Crippen molar-refractivity contribution in [2.75, 3.05) is 0 Å². The van der Waals surface area contributed by atoms with E-state index >= 15 is 0 Å². The predicted octanol–water partition coefficient (Wildman–Crippen LogP) is 13.7. The highest BCUT2D eigenvalue weighted by Crippen LogP contribution is 2.42. The molecule has 4 heterocycles. The first-order valence-electron chi connectivity index (χ1n) is 18.7. The fourth-order valence-electron chi connectivity index (χ4n) is 7.86. The lowest BCUT2D eigenvalue weighted by Gasteiger charge is -2.14. The van der Waals surface area contributed by atoms with Crippen LogP contribution in [0.5, 0.6) is 0 Å². The van der Waals surface area contributed by atoms with E-state index in [1.54, 1.807) is 6.20 Å². The van der Waals surface area contributed by atoms with E-state index in [1.807, 2.05) is 54.7 Å². The summed E-state index contributed by atoms with van der Waals surface area (Å²) in [6.07, 6.45) is 3.67. The number of hydrogen-bond donors (Lipinski definition) is 0. The number of pyridine rings is 1. The highest BCUT2D eigenvalue weighted by molar-refractivity contribution is 6.11. The van der Waals surface area contributed by atoms with Crippen LogP contribution in [0.2, 0.25) is 0 Å². The van der Waals surface area contributed by atoms with Crippen LogP contribution in [0.4, 0.5) is 0 Å². The largest absolute Gasteiger partial charge is 0.455 e. The molecule has 0 aliphatic rings. The minimum absolute atomic E-state index is 0.653. The molecular weight excluding hydrogens is 687 g/mol. The Kier molecular flexibility index (Phi) is 7.42. The molecule has 0 N–H and O–H groups in total. The van der Waals surface area contributed by atoms with E-state index in [4.69, 9.17) is 18.8 Å². The molecule has 5 nitrogen and oxygen atoms in total. The van der Waals surface area contributed by atoms with Crippen molar-refractivity contribution in [3.63, 3.8) is 0 Å². The lowest BCUT2D eigenvalue weighted by molar-refractivity contribution is 0.670. The summed E-state index contributed by atoms with van der Waals surface area (Å²) in [5, 5.41) is 4.34. The van der Waals surface area contributed by atoms with Gasteiger partial charge in [-0.2, -0.15) is 0 Å². The van der Waals surface area contributed by atoms with Gasteiger partial charge in [0.15, 0.2) is 5.82 Å². The van der Waals surface area contributed by atoms with E-state index in [9.17, 15) is 0 Å². The molecule has 56 heavy (non-hydrogen) atoms. The van der Waals surface area contributed by atoms with Crippen LogP contribution in [0, 0.1) is 0 Å². The number of benzene rings is 7. The molecule has 11 aromatic rings. The lowest BCUT2D eigenvalue weighted by atomic mass is 9.93. The molecule has 0 saturated carbocycles. The average molecular weight is 718 g/mol. The maximum Gasteiger partial charge on any atom is 0.160 e. The molecule has 5 heteroatoms. The zero-order chi connectivity index (χ0) is 37.0. The Morgan fingerprint density at radius 2 is 0.857 bits per heavy atom. The van der Waals surface area contributed by atoms with Crippen LogP contribution in [0.15, 0.2) is 197 Å². The van der Waals surface area contributed by atoms with Crippen molar-refractivity contribution in [2.45, 2.75) is 0 Å². The molecule has 0 aliphatic carbocycles. The smallest absolute Gasteiger partial charge is 0.160 e. The molecule has 0 radical (unpaired) electrons. The van der Waals surface area contributed by atoms with Gasteiger partial charge in [0.25, 0.3) is 0 Å². The summed E-state index contributed by atoms with van der Waals surface area (Å²) >= 11 is 0. The molecule has 11 rings (SSSR count). The summed E-state index contributed by atoms with van der Waals surface area (Å²) < 4.78 is 13.2. The first-order valence-corrected chi connectivity index (χ1v) is 18.7. The summed E-state index contributed by atoms with van der Waals surface area (Å²) in [6.45, 7) is 0. The number of aromatic nitrogens is 3. The summed E-state index contributed by atoms with van der Waals surface area (Å²) in [7, 11) is 0. The monoisotopic (exact) mass is 717 g/mol. The first-order chi connectivity index (χ1) is 27.7. The molecule has 4 aromatic heterocycles. The lowest BCUT2D eigenvalue weighted by Crippen LogP contribution is -1.96. The van der Waals surface area contributed by atoms with Gasteiger partial charge >= 0.3 is 0 Å². The zero-order valence-electron chi connectivity index (χ0n) is 30.1. The summed E-state index contributed by atoms with van der Waals surface area (Å²) in [5.41, 5.74) is 14.1. The minimum atomic E-state index is 0.653. The van der Waals surface area contributed by atoms with Gasteiger partial charge in [-0.05, 0) is 64.7 Å². The van der Waals surface area contributed by atoms with Crippen molar-refractivity contribution in [3.8, 4) is 67.3 Å². The first kappa shape index (κ1) is 31.9. The fourth-order valence-corrected chi connectivity index (χ4v) is 7.86. The van der Waals surface area contributed by atoms with E-state index in [2.05, 4.69) is 132 Å². The van der Waals surface area contributed by atoms with E-state index in [1.165, 1.54) is 0 Å². The van der Waals surface area contributed by atoms with Crippen molar-refractivity contribution >= 4 is 43.9 Å².